The number of anilines is 2. The molecule has 1 aliphatic heterocycles. The number of aromatic nitrogens is 4. The second kappa shape index (κ2) is 10.0. The summed E-state index contributed by atoms with van der Waals surface area (Å²) in [4.78, 5) is 39.4. The van der Waals surface area contributed by atoms with Gasteiger partial charge in [0.1, 0.15) is 5.82 Å². The molecule has 0 atom stereocenters. The molecule has 0 bridgehead atoms. The third-order valence-electron chi connectivity index (χ3n) is 7.17. The van der Waals surface area contributed by atoms with Crippen LogP contribution in [0.4, 0.5) is 16.3 Å². The summed E-state index contributed by atoms with van der Waals surface area (Å²) in [5, 5.41) is 0. The van der Waals surface area contributed by atoms with Crippen molar-refractivity contribution in [3.63, 3.8) is 0 Å². The number of benzene rings is 2. The molecule has 1 fully saturated rings. The fourth-order valence-corrected chi connectivity index (χ4v) is 5.02. The lowest BCUT2D eigenvalue weighted by Gasteiger charge is -2.38. The van der Waals surface area contributed by atoms with E-state index in [1.807, 2.05) is 30.1 Å². The van der Waals surface area contributed by atoms with E-state index in [0.29, 0.717) is 12.5 Å². The van der Waals surface area contributed by atoms with E-state index in [9.17, 15) is 14.0 Å². The van der Waals surface area contributed by atoms with Gasteiger partial charge in [0.15, 0.2) is 0 Å². The topological polar surface area (TPSA) is 76.3 Å². The highest BCUT2D eigenvalue weighted by Gasteiger charge is 2.31. The quantitative estimate of drug-likeness (QED) is 0.387. The number of halogens is 1. The van der Waals surface area contributed by atoms with Gasteiger partial charge in [0, 0.05) is 43.9 Å². The van der Waals surface area contributed by atoms with Gasteiger partial charge in [0.25, 0.3) is 5.56 Å². The summed E-state index contributed by atoms with van der Waals surface area (Å²) in [7, 11) is 1.90. The SMILES string of the molecule is CN(c1nccc(=O)n1C(=O)C(C)(C)C)C1CCN(c2nc3ccccc3n2Cc2ccc(F)cc2)CC1. The Morgan fingerprint density at radius 1 is 1.05 bits per heavy atom. The van der Waals surface area contributed by atoms with Crippen molar-refractivity contribution >= 4 is 28.8 Å². The lowest BCUT2D eigenvalue weighted by atomic mass is 9.95. The van der Waals surface area contributed by atoms with Crippen LogP contribution in [0.3, 0.4) is 0 Å². The summed E-state index contributed by atoms with van der Waals surface area (Å²) < 4.78 is 16.9. The Hall–Kier alpha value is -4.01. The summed E-state index contributed by atoms with van der Waals surface area (Å²) in [6, 6.07) is 16.1. The molecule has 38 heavy (non-hydrogen) atoms. The minimum absolute atomic E-state index is 0.106. The van der Waals surface area contributed by atoms with Crippen molar-refractivity contribution in [1.29, 1.82) is 0 Å². The molecule has 5 rings (SSSR count). The molecule has 1 saturated heterocycles. The number of piperidine rings is 1. The molecule has 2 aromatic carbocycles. The van der Waals surface area contributed by atoms with Crippen LogP contribution in [0.25, 0.3) is 11.0 Å². The highest BCUT2D eigenvalue weighted by atomic mass is 19.1. The molecule has 0 aliphatic carbocycles. The largest absolute Gasteiger partial charge is 0.342 e. The van der Waals surface area contributed by atoms with Crippen LogP contribution in [0.15, 0.2) is 65.6 Å². The van der Waals surface area contributed by atoms with E-state index in [0.717, 1.165) is 48.5 Å². The zero-order valence-corrected chi connectivity index (χ0v) is 22.3. The third-order valence-corrected chi connectivity index (χ3v) is 7.17. The van der Waals surface area contributed by atoms with E-state index >= 15 is 0 Å². The molecule has 9 heteroatoms. The van der Waals surface area contributed by atoms with E-state index < -0.39 is 5.41 Å². The molecule has 3 heterocycles. The standard InChI is InChI=1S/C29H33FN6O2/c1-29(2,3)26(38)36-25(37)13-16-31-27(36)33(4)22-14-17-34(18-15-22)28-32-23-7-5-6-8-24(23)35(28)19-20-9-11-21(30)12-10-20/h5-13,16,22H,14-15,17-19H2,1-4H3. The van der Waals surface area contributed by atoms with Crippen molar-refractivity contribution in [3.8, 4) is 0 Å². The lowest BCUT2D eigenvalue weighted by Crippen LogP contribution is -2.47. The Balaban J connectivity index is 1.39. The monoisotopic (exact) mass is 516 g/mol. The maximum absolute atomic E-state index is 13.5. The van der Waals surface area contributed by atoms with Crippen molar-refractivity contribution in [3.05, 3.63) is 82.5 Å². The van der Waals surface area contributed by atoms with Crippen LogP contribution in [-0.4, -0.2) is 51.2 Å². The minimum atomic E-state index is -0.713. The first kappa shape index (κ1) is 25.6. The molecule has 4 aromatic rings. The molecular weight excluding hydrogens is 483 g/mol. The van der Waals surface area contributed by atoms with Crippen LogP contribution in [0.2, 0.25) is 0 Å². The number of hydrogen-bond acceptors (Lipinski definition) is 6. The van der Waals surface area contributed by atoms with E-state index in [1.54, 1.807) is 32.9 Å². The van der Waals surface area contributed by atoms with Gasteiger partial charge in [-0.25, -0.2) is 18.9 Å². The zero-order valence-electron chi connectivity index (χ0n) is 22.3. The third kappa shape index (κ3) is 4.92. The number of fused-ring (bicyclic) bond motifs is 1. The number of imidazole rings is 1. The van der Waals surface area contributed by atoms with Crippen molar-refractivity contribution in [2.24, 2.45) is 5.41 Å². The number of carbonyl (C=O) groups is 1. The predicted octanol–water partition coefficient (Wildman–Crippen LogP) is 4.57. The van der Waals surface area contributed by atoms with Crippen LogP contribution < -0.4 is 15.4 Å². The van der Waals surface area contributed by atoms with Gasteiger partial charge in [-0.2, -0.15) is 0 Å². The summed E-state index contributed by atoms with van der Waals surface area (Å²) in [6.45, 7) is 7.50. The summed E-state index contributed by atoms with van der Waals surface area (Å²) in [5.41, 5.74) is 1.87. The summed E-state index contributed by atoms with van der Waals surface area (Å²) in [5.74, 6) is 0.733. The molecule has 198 valence electrons. The van der Waals surface area contributed by atoms with Crippen molar-refractivity contribution in [2.45, 2.75) is 46.2 Å². The second-order valence-corrected chi connectivity index (χ2v) is 10.9. The zero-order chi connectivity index (χ0) is 27.0. The second-order valence-electron chi connectivity index (χ2n) is 10.9. The van der Waals surface area contributed by atoms with Gasteiger partial charge in [-0.1, -0.05) is 45.0 Å². The Labute approximate surface area is 221 Å². The van der Waals surface area contributed by atoms with Gasteiger partial charge in [-0.3, -0.25) is 9.59 Å². The molecule has 8 nitrogen and oxygen atoms in total. The molecular formula is C29H33FN6O2. The number of para-hydroxylation sites is 2. The van der Waals surface area contributed by atoms with E-state index in [-0.39, 0.29) is 23.3 Å². The molecule has 0 unspecified atom stereocenters. The van der Waals surface area contributed by atoms with Gasteiger partial charge in [0.05, 0.1) is 17.6 Å². The first-order valence-electron chi connectivity index (χ1n) is 12.9. The van der Waals surface area contributed by atoms with Crippen LogP contribution in [-0.2, 0) is 6.54 Å². The normalized spacial score (nSPS) is 14.7. The molecule has 0 amide bonds. The Kier molecular flexibility index (Phi) is 6.77. The lowest BCUT2D eigenvalue weighted by molar-refractivity contribution is 0.0762. The Morgan fingerprint density at radius 2 is 1.74 bits per heavy atom. The number of rotatable bonds is 5. The highest BCUT2D eigenvalue weighted by Crippen LogP contribution is 2.29. The number of carbonyl (C=O) groups excluding carboxylic acids is 1. The summed E-state index contributed by atoms with van der Waals surface area (Å²) in [6.07, 6.45) is 3.09. The predicted molar refractivity (Wildman–Crippen MR) is 147 cm³/mol. The average Bonchev–Trinajstić information content (AvgIpc) is 3.27. The highest BCUT2D eigenvalue weighted by molar-refractivity contribution is 5.86. The number of hydrogen-bond donors (Lipinski definition) is 0. The first-order valence-corrected chi connectivity index (χ1v) is 12.9. The maximum atomic E-state index is 13.5. The molecule has 0 radical (unpaired) electrons. The van der Waals surface area contributed by atoms with Crippen LogP contribution in [0.1, 0.15) is 44.0 Å². The Bertz CT molecular complexity index is 1510. The molecule has 0 saturated carbocycles. The van der Waals surface area contributed by atoms with Gasteiger partial charge >= 0.3 is 0 Å². The molecule has 1 aliphatic rings. The van der Waals surface area contributed by atoms with Gasteiger partial charge in [-0.05, 0) is 42.7 Å². The van der Waals surface area contributed by atoms with Crippen molar-refractivity contribution < 1.29 is 9.18 Å². The minimum Gasteiger partial charge on any atom is -0.342 e. The average molecular weight is 517 g/mol. The fourth-order valence-electron chi connectivity index (χ4n) is 5.02. The van der Waals surface area contributed by atoms with Crippen molar-refractivity contribution in [1.82, 2.24) is 19.1 Å². The van der Waals surface area contributed by atoms with E-state index in [2.05, 4.69) is 20.5 Å². The van der Waals surface area contributed by atoms with E-state index in [4.69, 9.17) is 4.98 Å². The first-order chi connectivity index (χ1) is 18.1. The smallest absolute Gasteiger partial charge is 0.261 e. The molecule has 0 spiro atoms. The van der Waals surface area contributed by atoms with Crippen LogP contribution in [0.5, 0.6) is 0 Å². The summed E-state index contributed by atoms with van der Waals surface area (Å²) >= 11 is 0. The molecule has 0 N–H and O–H groups in total. The van der Waals surface area contributed by atoms with Crippen molar-refractivity contribution in [2.75, 3.05) is 29.9 Å². The van der Waals surface area contributed by atoms with Crippen LogP contribution in [0, 0.1) is 11.2 Å². The van der Waals surface area contributed by atoms with Gasteiger partial charge in [-0.15, -0.1) is 0 Å². The van der Waals surface area contributed by atoms with Crippen LogP contribution >= 0.6 is 0 Å². The van der Waals surface area contributed by atoms with Gasteiger partial charge < -0.3 is 14.4 Å². The maximum Gasteiger partial charge on any atom is 0.261 e. The Morgan fingerprint density at radius 3 is 2.42 bits per heavy atom. The number of nitrogens with zero attached hydrogens (tertiary/aromatic N) is 6. The fraction of sp³-hybridized carbons (Fsp3) is 0.379. The van der Waals surface area contributed by atoms with Gasteiger partial charge in [0.2, 0.25) is 17.8 Å². The van der Waals surface area contributed by atoms with E-state index in [1.165, 1.54) is 29.0 Å². The molecule has 2 aromatic heterocycles.